The molecule has 2 atom stereocenters. The van der Waals surface area contributed by atoms with E-state index in [1.165, 1.54) is 19.1 Å². The number of alkyl halides is 3. The molecule has 1 aliphatic carbocycles. The van der Waals surface area contributed by atoms with Gasteiger partial charge in [0.2, 0.25) is 11.8 Å². The van der Waals surface area contributed by atoms with Crippen molar-refractivity contribution in [2.45, 2.75) is 76.9 Å². The number of hydrogen-bond donors (Lipinski definition) is 2. The molecule has 13 heteroatoms. The van der Waals surface area contributed by atoms with Gasteiger partial charge in [0.05, 0.1) is 11.6 Å². The maximum atomic E-state index is 15.2. The van der Waals surface area contributed by atoms with E-state index in [1.54, 1.807) is 16.9 Å². The molecule has 4 rings (SSSR count). The molecule has 1 fully saturated rings. The minimum Gasteiger partial charge on any atom is -0.336 e. The summed E-state index contributed by atoms with van der Waals surface area (Å²) in [7, 11) is 1.05. The number of rotatable bonds is 9. The van der Waals surface area contributed by atoms with E-state index >= 15 is 4.39 Å². The molecular weight excluding hydrogens is 542 g/mol. The monoisotopic (exact) mass is 577 g/mol. The molecule has 3 aromatic rings. The van der Waals surface area contributed by atoms with Gasteiger partial charge in [-0.2, -0.15) is 23.4 Å². The third-order valence-corrected chi connectivity index (χ3v) is 7.61. The molecule has 2 amide bonds. The zero-order chi connectivity index (χ0) is 29.7. The molecule has 41 heavy (non-hydrogen) atoms. The minimum atomic E-state index is -4.54. The zero-order valence-electron chi connectivity index (χ0n) is 23.3. The van der Waals surface area contributed by atoms with Crippen molar-refractivity contribution in [3.05, 3.63) is 47.7 Å². The van der Waals surface area contributed by atoms with Crippen molar-refractivity contribution in [1.82, 2.24) is 29.9 Å². The fourth-order valence-electron chi connectivity index (χ4n) is 5.44. The third-order valence-electron chi connectivity index (χ3n) is 7.61. The summed E-state index contributed by atoms with van der Waals surface area (Å²) in [6.07, 6.45) is 2.83. The molecule has 0 radical (unpaired) electrons. The van der Waals surface area contributed by atoms with Crippen molar-refractivity contribution in [1.29, 1.82) is 0 Å². The number of aromatic amines is 1. The van der Waals surface area contributed by atoms with Gasteiger partial charge in [0.1, 0.15) is 29.8 Å². The van der Waals surface area contributed by atoms with Crippen molar-refractivity contribution >= 4 is 17.5 Å². The van der Waals surface area contributed by atoms with Crippen molar-refractivity contribution < 1.29 is 27.2 Å². The van der Waals surface area contributed by atoms with Crippen molar-refractivity contribution in [2.75, 3.05) is 18.9 Å². The summed E-state index contributed by atoms with van der Waals surface area (Å²) in [5, 5.41) is 14.2. The highest BCUT2D eigenvalue weighted by atomic mass is 19.4. The molecule has 222 valence electrons. The first-order valence-electron chi connectivity index (χ1n) is 13.8. The van der Waals surface area contributed by atoms with E-state index in [9.17, 15) is 22.8 Å². The SMILES string of the molecule is CCn1nccc1-c1n[nH]c(C(C(=O)Nc2ccc(C(C)C(=O)N(C)CC(F)(F)F)cc2F)C2CCCCCC2)n1. The van der Waals surface area contributed by atoms with E-state index in [4.69, 9.17) is 0 Å². The molecule has 0 spiro atoms. The van der Waals surface area contributed by atoms with Crippen molar-refractivity contribution in [3.8, 4) is 11.5 Å². The minimum absolute atomic E-state index is 0.0291. The van der Waals surface area contributed by atoms with E-state index in [0.29, 0.717) is 28.8 Å². The lowest BCUT2D eigenvalue weighted by atomic mass is 9.84. The average Bonchev–Trinajstić information content (AvgIpc) is 3.51. The number of halogens is 4. The van der Waals surface area contributed by atoms with Crippen LogP contribution in [-0.2, 0) is 16.1 Å². The summed E-state index contributed by atoms with van der Waals surface area (Å²) >= 11 is 0. The van der Waals surface area contributed by atoms with E-state index in [2.05, 4.69) is 25.6 Å². The van der Waals surface area contributed by atoms with Crippen LogP contribution in [0.3, 0.4) is 0 Å². The number of carbonyl (C=O) groups excluding carboxylic acids is 2. The molecule has 0 aliphatic heterocycles. The number of aromatic nitrogens is 5. The standard InChI is InChI=1S/C28H35F4N7O2/c1-4-39-22(13-14-33-39)24-35-25(37-36-24)23(18-9-7-5-6-8-10-18)26(40)34-21-12-11-19(15-20(21)29)17(2)27(41)38(3)16-28(30,31)32/h11-15,17-18,23H,4-10,16H2,1-3H3,(H,34,40)(H,35,36,37). The van der Waals surface area contributed by atoms with Crippen LogP contribution in [-0.4, -0.2) is 61.4 Å². The van der Waals surface area contributed by atoms with Gasteiger partial charge in [-0.1, -0.05) is 31.7 Å². The topological polar surface area (TPSA) is 109 Å². The fourth-order valence-corrected chi connectivity index (χ4v) is 5.44. The number of hydrogen-bond acceptors (Lipinski definition) is 5. The normalized spacial score (nSPS) is 16.2. The highest BCUT2D eigenvalue weighted by Crippen LogP contribution is 2.36. The number of aryl methyl sites for hydroxylation is 1. The number of benzene rings is 1. The summed E-state index contributed by atoms with van der Waals surface area (Å²) in [5.74, 6) is -2.97. The Kier molecular flexibility index (Phi) is 9.44. The number of amides is 2. The second kappa shape index (κ2) is 12.8. The Morgan fingerprint density at radius 1 is 1.17 bits per heavy atom. The zero-order valence-corrected chi connectivity index (χ0v) is 23.3. The predicted molar refractivity (Wildman–Crippen MR) is 144 cm³/mol. The number of anilines is 1. The first kappa shape index (κ1) is 30.2. The highest BCUT2D eigenvalue weighted by molar-refractivity contribution is 5.96. The summed E-state index contributed by atoms with van der Waals surface area (Å²) < 4.78 is 55.1. The number of carbonyl (C=O) groups is 2. The molecule has 0 saturated heterocycles. The predicted octanol–water partition coefficient (Wildman–Crippen LogP) is 5.64. The van der Waals surface area contributed by atoms with Crippen LogP contribution in [0.15, 0.2) is 30.5 Å². The number of likely N-dealkylation sites (N-methyl/N-ethyl adjacent to an activating group) is 1. The van der Waals surface area contributed by atoms with Gasteiger partial charge in [-0.3, -0.25) is 19.4 Å². The number of H-pyrrole nitrogens is 1. The molecule has 1 aromatic carbocycles. The first-order chi connectivity index (χ1) is 19.5. The summed E-state index contributed by atoms with van der Waals surface area (Å²) in [4.78, 5) is 31.4. The van der Waals surface area contributed by atoms with E-state index in [0.717, 1.165) is 51.6 Å². The van der Waals surface area contributed by atoms with Gasteiger partial charge in [-0.25, -0.2) is 9.37 Å². The summed E-state index contributed by atoms with van der Waals surface area (Å²) in [5.41, 5.74) is 0.818. The Labute approximate surface area is 235 Å². The highest BCUT2D eigenvalue weighted by Gasteiger charge is 2.35. The van der Waals surface area contributed by atoms with E-state index < -0.39 is 42.2 Å². The van der Waals surface area contributed by atoms with Crippen LogP contribution in [0, 0.1) is 11.7 Å². The third kappa shape index (κ3) is 7.31. The lowest BCUT2D eigenvalue weighted by molar-refractivity contribution is -0.159. The fraction of sp³-hybridized carbons (Fsp3) is 0.536. The van der Waals surface area contributed by atoms with Gasteiger partial charge in [-0.05, 0) is 56.4 Å². The second-order valence-corrected chi connectivity index (χ2v) is 10.6. The van der Waals surface area contributed by atoms with Crippen LogP contribution in [0.2, 0.25) is 0 Å². The van der Waals surface area contributed by atoms with Gasteiger partial charge >= 0.3 is 6.18 Å². The number of nitrogens with one attached hydrogen (secondary N) is 2. The summed E-state index contributed by atoms with van der Waals surface area (Å²) in [6, 6.07) is 5.62. The van der Waals surface area contributed by atoms with Crippen LogP contribution >= 0.6 is 0 Å². The Morgan fingerprint density at radius 2 is 1.88 bits per heavy atom. The van der Waals surface area contributed by atoms with Gasteiger partial charge in [-0.15, -0.1) is 0 Å². The van der Waals surface area contributed by atoms with Crippen LogP contribution in [0.1, 0.15) is 75.6 Å². The maximum absolute atomic E-state index is 15.2. The Hall–Kier alpha value is -3.77. The maximum Gasteiger partial charge on any atom is 0.406 e. The van der Waals surface area contributed by atoms with Crippen molar-refractivity contribution in [3.63, 3.8) is 0 Å². The van der Waals surface area contributed by atoms with Crippen LogP contribution in [0.5, 0.6) is 0 Å². The van der Waals surface area contributed by atoms with E-state index in [1.807, 2.05) is 6.92 Å². The summed E-state index contributed by atoms with van der Waals surface area (Å²) in [6.45, 7) is 2.58. The number of nitrogens with zero attached hydrogens (tertiary/aromatic N) is 5. The van der Waals surface area contributed by atoms with Crippen LogP contribution < -0.4 is 5.32 Å². The smallest absolute Gasteiger partial charge is 0.336 e. The van der Waals surface area contributed by atoms with E-state index in [-0.39, 0.29) is 17.2 Å². The Bertz CT molecular complexity index is 1350. The Balaban J connectivity index is 1.55. The second-order valence-electron chi connectivity index (χ2n) is 10.6. The average molecular weight is 578 g/mol. The molecule has 1 saturated carbocycles. The van der Waals surface area contributed by atoms with Crippen LogP contribution in [0.25, 0.3) is 11.5 Å². The molecule has 2 N–H and O–H groups in total. The molecule has 2 heterocycles. The van der Waals surface area contributed by atoms with Crippen LogP contribution in [0.4, 0.5) is 23.2 Å². The molecular formula is C28H35F4N7O2. The lowest BCUT2D eigenvalue weighted by Gasteiger charge is -2.24. The first-order valence-corrected chi connectivity index (χ1v) is 13.8. The van der Waals surface area contributed by atoms with Gasteiger partial charge in [0, 0.05) is 19.8 Å². The molecule has 9 nitrogen and oxygen atoms in total. The molecule has 0 bridgehead atoms. The largest absolute Gasteiger partial charge is 0.406 e. The molecule has 2 aromatic heterocycles. The lowest BCUT2D eigenvalue weighted by Crippen LogP contribution is -2.38. The Morgan fingerprint density at radius 3 is 2.51 bits per heavy atom. The molecule has 1 aliphatic rings. The van der Waals surface area contributed by atoms with Gasteiger partial charge in [0.15, 0.2) is 5.82 Å². The van der Waals surface area contributed by atoms with Gasteiger partial charge < -0.3 is 10.2 Å². The quantitative estimate of drug-likeness (QED) is 0.253. The molecule has 2 unspecified atom stereocenters. The van der Waals surface area contributed by atoms with Crippen molar-refractivity contribution in [2.24, 2.45) is 5.92 Å². The van der Waals surface area contributed by atoms with Gasteiger partial charge in [0.25, 0.3) is 0 Å².